The van der Waals surface area contributed by atoms with Crippen molar-refractivity contribution in [1.29, 1.82) is 0 Å². The van der Waals surface area contributed by atoms with Gasteiger partial charge in [0.15, 0.2) is 0 Å². The van der Waals surface area contributed by atoms with Crippen LogP contribution in [0.15, 0.2) is 6.20 Å². The first-order valence-corrected chi connectivity index (χ1v) is 5.10. The van der Waals surface area contributed by atoms with Crippen LogP contribution in [0, 0.1) is 5.41 Å². The summed E-state index contributed by atoms with van der Waals surface area (Å²) < 4.78 is 5.04. The summed E-state index contributed by atoms with van der Waals surface area (Å²) in [4.78, 5) is 5.26. The number of nitrogens with zero attached hydrogens (tertiary/aromatic N) is 1. The summed E-state index contributed by atoms with van der Waals surface area (Å²) in [5, 5.41) is 0.697. The molecule has 0 radical (unpaired) electrons. The monoisotopic (exact) mass is 198 g/mol. The smallest absolute Gasteiger partial charge is 0.273 e. The Bertz CT molecular complexity index is 334. The van der Waals surface area contributed by atoms with Gasteiger partial charge < -0.3 is 10.5 Å². The molecule has 1 aromatic heterocycles. The molecule has 1 atom stereocenters. The summed E-state index contributed by atoms with van der Waals surface area (Å²) in [5.74, 6) is 0. The third kappa shape index (κ3) is 1.16. The quantitative estimate of drug-likeness (QED) is 0.787. The minimum absolute atomic E-state index is 0.165. The Balaban J connectivity index is 2.28. The van der Waals surface area contributed by atoms with E-state index in [0.29, 0.717) is 5.19 Å². The van der Waals surface area contributed by atoms with Crippen molar-refractivity contribution < 1.29 is 4.74 Å². The molecule has 1 saturated carbocycles. The molecule has 3 nitrogen and oxygen atoms in total. The van der Waals surface area contributed by atoms with Crippen molar-refractivity contribution in [2.45, 2.75) is 25.8 Å². The number of aromatic nitrogens is 1. The van der Waals surface area contributed by atoms with Crippen LogP contribution in [0.5, 0.6) is 5.19 Å². The SMILES string of the molecule is COc1ncc(C2(N)CC2(C)C)s1. The highest BCUT2D eigenvalue weighted by atomic mass is 32.1. The van der Waals surface area contributed by atoms with Crippen molar-refractivity contribution in [3.8, 4) is 5.19 Å². The normalized spacial score (nSPS) is 30.2. The second kappa shape index (κ2) is 2.45. The molecular weight excluding hydrogens is 184 g/mol. The summed E-state index contributed by atoms with van der Waals surface area (Å²) in [6, 6.07) is 0. The van der Waals surface area contributed by atoms with Gasteiger partial charge in [-0.15, -0.1) is 0 Å². The van der Waals surface area contributed by atoms with Crippen LogP contribution in [-0.4, -0.2) is 12.1 Å². The zero-order valence-corrected chi connectivity index (χ0v) is 8.94. The Hall–Kier alpha value is -0.610. The van der Waals surface area contributed by atoms with Gasteiger partial charge in [-0.1, -0.05) is 25.2 Å². The number of rotatable bonds is 2. The highest BCUT2D eigenvalue weighted by Crippen LogP contribution is 2.61. The molecule has 0 amide bonds. The Morgan fingerprint density at radius 1 is 1.62 bits per heavy atom. The van der Waals surface area contributed by atoms with Crippen molar-refractivity contribution in [2.75, 3.05) is 7.11 Å². The number of hydrogen-bond donors (Lipinski definition) is 1. The minimum Gasteiger partial charge on any atom is -0.473 e. The van der Waals surface area contributed by atoms with Crippen LogP contribution < -0.4 is 10.5 Å². The van der Waals surface area contributed by atoms with Crippen molar-refractivity contribution in [1.82, 2.24) is 4.98 Å². The lowest BCUT2D eigenvalue weighted by Crippen LogP contribution is -2.24. The van der Waals surface area contributed by atoms with Crippen LogP contribution in [0.2, 0.25) is 0 Å². The molecule has 1 aromatic rings. The molecule has 2 rings (SSSR count). The Labute approximate surface area is 81.9 Å². The van der Waals surface area contributed by atoms with E-state index >= 15 is 0 Å². The standard InChI is InChI=1S/C9H14N2OS/c1-8(2)5-9(8,10)6-4-11-7(12-3)13-6/h4H,5,10H2,1-3H3. The van der Waals surface area contributed by atoms with E-state index in [9.17, 15) is 0 Å². The summed E-state index contributed by atoms with van der Waals surface area (Å²) in [5.41, 5.74) is 6.28. The molecule has 1 aliphatic carbocycles. The number of nitrogens with two attached hydrogens (primary N) is 1. The largest absolute Gasteiger partial charge is 0.473 e. The molecule has 4 heteroatoms. The predicted molar refractivity (Wildman–Crippen MR) is 52.9 cm³/mol. The third-order valence-electron chi connectivity index (χ3n) is 2.90. The van der Waals surface area contributed by atoms with E-state index in [1.807, 2.05) is 6.20 Å². The molecule has 0 saturated heterocycles. The first kappa shape index (κ1) is 8.97. The summed E-state index contributed by atoms with van der Waals surface area (Å²) >= 11 is 1.55. The molecule has 0 aliphatic heterocycles. The molecule has 0 aromatic carbocycles. The molecule has 0 bridgehead atoms. The summed E-state index contributed by atoms with van der Waals surface area (Å²) in [7, 11) is 1.63. The zero-order chi connectivity index (χ0) is 9.69. The van der Waals surface area contributed by atoms with Gasteiger partial charge in [-0.25, -0.2) is 4.98 Å². The summed E-state index contributed by atoms with van der Waals surface area (Å²) in [6.45, 7) is 4.36. The lowest BCUT2D eigenvalue weighted by molar-refractivity contribution is 0.412. The van der Waals surface area contributed by atoms with Crippen LogP contribution >= 0.6 is 11.3 Å². The lowest BCUT2D eigenvalue weighted by atomic mass is 10.1. The maximum absolute atomic E-state index is 6.23. The fourth-order valence-corrected chi connectivity index (χ4v) is 2.65. The first-order valence-electron chi connectivity index (χ1n) is 4.29. The van der Waals surface area contributed by atoms with Crippen LogP contribution in [0.3, 0.4) is 0 Å². The van der Waals surface area contributed by atoms with Gasteiger partial charge in [0.25, 0.3) is 5.19 Å². The number of methoxy groups -OCH3 is 1. The third-order valence-corrected chi connectivity index (χ3v) is 4.04. The molecule has 1 heterocycles. The maximum Gasteiger partial charge on any atom is 0.273 e. The second-order valence-corrected chi connectivity index (χ2v) is 5.22. The second-order valence-electron chi connectivity index (χ2n) is 4.23. The van der Waals surface area contributed by atoms with Gasteiger partial charge in [0, 0.05) is 11.1 Å². The van der Waals surface area contributed by atoms with Gasteiger partial charge in [0.2, 0.25) is 0 Å². The van der Waals surface area contributed by atoms with Gasteiger partial charge in [0.05, 0.1) is 12.6 Å². The van der Waals surface area contributed by atoms with E-state index in [4.69, 9.17) is 10.5 Å². The van der Waals surface area contributed by atoms with Gasteiger partial charge in [-0.3, -0.25) is 0 Å². The van der Waals surface area contributed by atoms with Crippen LogP contribution in [-0.2, 0) is 5.54 Å². The lowest BCUT2D eigenvalue weighted by Gasteiger charge is -2.11. The van der Waals surface area contributed by atoms with Crippen LogP contribution in [0.4, 0.5) is 0 Å². The average Bonchev–Trinajstić information content (AvgIpc) is 2.53. The van der Waals surface area contributed by atoms with Gasteiger partial charge >= 0.3 is 0 Å². The first-order chi connectivity index (χ1) is 5.99. The van der Waals surface area contributed by atoms with E-state index < -0.39 is 0 Å². The zero-order valence-electron chi connectivity index (χ0n) is 8.13. The van der Waals surface area contributed by atoms with E-state index in [1.54, 1.807) is 18.4 Å². The van der Waals surface area contributed by atoms with E-state index in [0.717, 1.165) is 11.3 Å². The molecule has 1 fully saturated rings. The summed E-state index contributed by atoms with van der Waals surface area (Å²) in [6.07, 6.45) is 2.86. The predicted octanol–water partition coefficient (Wildman–Crippen LogP) is 1.74. The number of thiazole rings is 1. The van der Waals surface area contributed by atoms with Crippen LogP contribution in [0.1, 0.15) is 25.1 Å². The average molecular weight is 198 g/mol. The molecule has 72 valence electrons. The molecule has 1 unspecified atom stereocenters. The molecule has 1 aliphatic rings. The molecular formula is C9H14N2OS. The van der Waals surface area contributed by atoms with Crippen molar-refractivity contribution >= 4 is 11.3 Å². The van der Waals surface area contributed by atoms with E-state index in [2.05, 4.69) is 18.8 Å². The maximum atomic E-state index is 6.23. The van der Waals surface area contributed by atoms with Crippen molar-refractivity contribution in [3.63, 3.8) is 0 Å². The van der Waals surface area contributed by atoms with Crippen molar-refractivity contribution in [3.05, 3.63) is 11.1 Å². The van der Waals surface area contributed by atoms with Gasteiger partial charge in [0.1, 0.15) is 0 Å². The molecule has 2 N–H and O–H groups in total. The Kier molecular flexibility index (Phi) is 1.69. The fourth-order valence-electron chi connectivity index (χ4n) is 1.63. The molecule has 0 spiro atoms. The fraction of sp³-hybridized carbons (Fsp3) is 0.667. The number of ether oxygens (including phenoxy) is 1. The van der Waals surface area contributed by atoms with E-state index in [-0.39, 0.29) is 11.0 Å². The van der Waals surface area contributed by atoms with Gasteiger partial charge in [-0.05, 0) is 11.8 Å². The molecule has 13 heavy (non-hydrogen) atoms. The minimum atomic E-state index is -0.165. The highest BCUT2D eigenvalue weighted by molar-refractivity contribution is 7.13. The number of hydrogen-bond acceptors (Lipinski definition) is 4. The Morgan fingerprint density at radius 3 is 2.62 bits per heavy atom. The van der Waals surface area contributed by atoms with Crippen LogP contribution in [0.25, 0.3) is 0 Å². The highest BCUT2D eigenvalue weighted by Gasteiger charge is 2.60. The van der Waals surface area contributed by atoms with Gasteiger partial charge in [-0.2, -0.15) is 0 Å². The van der Waals surface area contributed by atoms with E-state index in [1.165, 1.54) is 0 Å². The topological polar surface area (TPSA) is 48.1 Å². The van der Waals surface area contributed by atoms with Crippen molar-refractivity contribution in [2.24, 2.45) is 11.1 Å². The Morgan fingerprint density at radius 2 is 2.23 bits per heavy atom.